The number of anilines is 1. The third-order valence-corrected chi connectivity index (χ3v) is 6.71. The number of fused-ring (bicyclic) bond motifs is 1. The van der Waals surface area contributed by atoms with Gasteiger partial charge < -0.3 is 14.8 Å². The van der Waals surface area contributed by atoms with Crippen molar-refractivity contribution in [2.45, 2.75) is 44.3 Å². The zero-order valence-corrected chi connectivity index (χ0v) is 17.7. The molecule has 0 unspecified atom stereocenters. The summed E-state index contributed by atoms with van der Waals surface area (Å²) < 4.78 is 17.6. The van der Waals surface area contributed by atoms with Crippen LogP contribution >= 0.6 is 0 Å². The minimum absolute atomic E-state index is 0.420. The van der Waals surface area contributed by atoms with Crippen molar-refractivity contribution in [1.29, 1.82) is 0 Å². The molecule has 6 heteroatoms. The molecular formula is C24H28FN5. The first-order chi connectivity index (χ1) is 14.4. The van der Waals surface area contributed by atoms with Gasteiger partial charge in [0.1, 0.15) is 11.6 Å². The van der Waals surface area contributed by atoms with E-state index >= 15 is 4.39 Å². The highest BCUT2D eigenvalue weighted by Gasteiger charge is 2.41. The second kappa shape index (κ2) is 7.20. The van der Waals surface area contributed by atoms with E-state index in [-0.39, 0.29) is 0 Å². The SMILES string of the molecule is C=C(Nc1cc2cc(-c3cnc(C)n3C)ccc2cn1)C1(F)CCN(C2CC2)CC1. The number of piperidine rings is 1. The molecule has 0 bridgehead atoms. The van der Waals surface area contributed by atoms with E-state index < -0.39 is 5.67 Å². The second-order valence-corrected chi connectivity index (χ2v) is 8.72. The molecule has 1 aliphatic heterocycles. The van der Waals surface area contributed by atoms with Gasteiger partial charge in [-0.15, -0.1) is 0 Å². The molecule has 1 aliphatic carbocycles. The van der Waals surface area contributed by atoms with Crippen molar-refractivity contribution < 1.29 is 4.39 Å². The highest BCUT2D eigenvalue weighted by atomic mass is 19.1. The average molecular weight is 406 g/mol. The van der Waals surface area contributed by atoms with Gasteiger partial charge in [-0.3, -0.25) is 0 Å². The van der Waals surface area contributed by atoms with Crippen LogP contribution in [0.3, 0.4) is 0 Å². The van der Waals surface area contributed by atoms with Gasteiger partial charge in [-0.1, -0.05) is 18.7 Å². The van der Waals surface area contributed by atoms with Crippen LogP contribution in [0.25, 0.3) is 22.0 Å². The lowest BCUT2D eigenvalue weighted by atomic mass is 9.90. The maximum absolute atomic E-state index is 15.5. The van der Waals surface area contributed by atoms with E-state index in [1.165, 1.54) is 12.8 Å². The van der Waals surface area contributed by atoms with E-state index in [2.05, 4.69) is 49.5 Å². The topological polar surface area (TPSA) is 46.0 Å². The highest BCUT2D eigenvalue weighted by Crippen LogP contribution is 2.38. The molecule has 1 saturated heterocycles. The molecule has 156 valence electrons. The quantitative estimate of drug-likeness (QED) is 0.660. The number of hydrogen-bond acceptors (Lipinski definition) is 4. The van der Waals surface area contributed by atoms with Crippen LogP contribution in [-0.4, -0.2) is 44.2 Å². The normalized spacial score (nSPS) is 19.2. The van der Waals surface area contributed by atoms with Crippen LogP contribution in [0.4, 0.5) is 10.2 Å². The lowest BCUT2D eigenvalue weighted by molar-refractivity contribution is 0.0848. The van der Waals surface area contributed by atoms with E-state index in [4.69, 9.17) is 0 Å². The summed E-state index contributed by atoms with van der Waals surface area (Å²) >= 11 is 0. The Kier molecular flexibility index (Phi) is 4.62. The van der Waals surface area contributed by atoms with Gasteiger partial charge in [0.2, 0.25) is 0 Å². The Morgan fingerprint density at radius 3 is 2.57 bits per heavy atom. The smallest absolute Gasteiger partial charge is 0.152 e. The predicted molar refractivity (Wildman–Crippen MR) is 119 cm³/mol. The number of imidazole rings is 1. The van der Waals surface area contributed by atoms with Gasteiger partial charge in [0.05, 0.1) is 11.9 Å². The van der Waals surface area contributed by atoms with Gasteiger partial charge >= 0.3 is 0 Å². The first-order valence-corrected chi connectivity index (χ1v) is 10.7. The number of benzene rings is 1. The highest BCUT2D eigenvalue weighted by molar-refractivity contribution is 5.88. The summed E-state index contributed by atoms with van der Waals surface area (Å²) in [5.74, 6) is 1.60. The largest absolute Gasteiger partial charge is 0.341 e. The molecule has 1 saturated carbocycles. The monoisotopic (exact) mass is 405 g/mol. The zero-order chi connectivity index (χ0) is 20.9. The molecule has 0 radical (unpaired) electrons. The van der Waals surface area contributed by atoms with Crippen molar-refractivity contribution in [3.63, 3.8) is 0 Å². The van der Waals surface area contributed by atoms with Crippen LogP contribution < -0.4 is 5.32 Å². The van der Waals surface area contributed by atoms with Crippen molar-refractivity contribution in [1.82, 2.24) is 19.4 Å². The first-order valence-electron chi connectivity index (χ1n) is 10.7. The molecule has 2 aromatic heterocycles. The van der Waals surface area contributed by atoms with E-state index in [1.807, 2.05) is 32.4 Å². The Hall–Kier alpha value is -2.73. The summed E-state index contributed by atoms with van der Waals surface area (Å²) in [6, 6.07) is 8.92. The standard InChI is InChI=1S/C24H28FN5/c1-16(24(25)8-10-30(11-9-24)21-6-7-21)28-23-13-20-12-18(4-5-19(20)14-27-23)22-15-26-17(2)29(22)3/h4-5,12-15,21H,1,6-11H2,2-3H3,(H,27,28). The number of hydrogen-bond donors (Lipinski definition) is 1. The number of nitrogens with zero attached hydrogens (tertiary/aromatic N) is 4. The molecule has 0 atom stereocenters. The Bertz CT molecular complexity index is 1110. The van der Waals surface area contributed by atoms with Crippen molar-refractivity contribution in [3.8, 4) is 11.3 Å². The third kappa shape index (κ3) is 3.49. The molecule has 3 aromatic rings. The number of halogens is 1. The maximum atomic E-state index is 15.5. The molecule has 0 spiro atoms. The van der Waals surface area contributed by atoms with E-state index in [0.29, 0.717) is 30.4 Å². The molecule has 5 nitrogen and oxygen atoms in total. The minimum Gasteiger partial charge on any atom is -0.341 e. The summed E-state index contributed by atoms with van der Waals surface area (Å²) in [6.45, 7) is 7.64. The van der Waals surface area contributed by atoms with Gasteiger partial charge in [-0.05, 0) is 50.1 Å². The molecular weight excluding hydrogens is 377 g/mol. The molecule has 2 aliphatic rings. The average Bonchev–Trinajstić information content (AvgIpc) is 3.54. The Morgan fingerprint density at radius 2 is 1.90 bits per heavy atom. The molecule has 5 rings (SSSR count). The third-order valence-electron chi connectivity index (χ3n) is 6.71. The van der Waals surface area contributed by atoms with Gasteiger partial charge in [0.15, 0.2) is 5.67 Å². The summed E-state index contributed by atoms with van der Waals surface area (Å²) in [4.78, 5) is 11.3. The van der Waals surface area contributed by atoms with Crippen molar-refractivity contribution in [2.75, 3.05) is 18.4 Å². The number of allylic oxidation sites excluding steroid dienone is 1. The fourth-order valence-electron chi connectivity index (χ4n) is 4.39. The van der Waals surface area contributed by atoms with Crippen LogP contribution in [-0.2, 0) is 7.05 Å². The van der Waals surface area contributed by atoms with Crippen molar-refractivity contribution in [3.05, 3.63) is 54.8 Å². The summed E-state index contributed by atoms with van der Waals surface area (Å²) in [5.41, 5.74) is 1.20. The molecule has 2 fully saturated rings. The van der Waals surface area contributed by atoms with Crippen LogP contribution in [0.2, 0.25) is 0 Å². The number of rotatable bonds is 5. The molecule has 30 heavy (non-hydrogen) atoms. The van der Waals surface area contributed by atoms with Crippen LogP contribution in [0.15, 0.2) is 48.9 Å². The van der Waals surface area contributed by atoms with Crippen molar-refractivity contribution in [2.24, 2.45) is 7.05 Å². The molecule has 1 aromatic carbocycles. The Morgan fingerprint density at radius 1 is 1.13 bits per heavy atom. The van der Waals surface area contributed by atoms with Crippen LogP contribution in [0, 0.1) is 6.92 Å². The number of aromatic nitrogens is 3. The fraction of sp³-hybridized carbons (Fsp3) is 0.417. The van der Waals surface area contributed by atoms with Gasteiger partial charge in [-0.2, -0.15) is 0 Å². The van der Waals surface area contributed by atoms with E-state index in [0.717, 1.165) is 40.9 Å². The number of pyridine rings is 1. The maximum Gasteiger partial charge on any atom is 0.152 e. The first kappa shape index (κ1) is 19.2. The lowest BCUT2D eigenvalue weighted by Crippen LogP contribution is -2.44. The zero-order valence-electron chi connectivity index (χ0n) is 17.7. The number of nitrogens with one attached hydrogen (secondary N) is 1. The fourth-order valence-corrected chi connectivity index (χ4v) is 4.39. The summed E-state index contributed by atoms with van der Waals surface area (Å²) in [7, 11) is 2.01. The second-order valence-electron chi connectivity index (χ2n) is 8.72. The van der Waals surface area contributed by atoms with Gasteiger partial charge in [-0.25, -0.2) is 14.4 Å². The van der Waals surface area contributed by atoms with Gasteiger partial charge in [0.25, 0.3) is 0 Å². The molecule has 3 heterocycles. The summed E-state index contributed by atoms with van der Waals surface area (Å²) in [6.07, 6.45) is 7.23. The van der Waals surface area contributed by atoms with Crippen LogP contribution in [0.1, 0.15) is 31.5 Å². The van der Waals surface area contributed by atoms with E-state index in [9.17, 15) is 0 Å². The van der Waals surface area contributed by atoms with Crippen LogP contribution in [0.5, 0.6) is 0 Å². The number of aryl methyl sites for hydroxylation is 1. The minimum atomic E-state index is -1.38. The number of likely N-dealkylation sites (tertiary alicyclic amines) is 1. The predicted octanol–water partition coefficient (Wildman–Crippen LogP) is 4.84. The Labute approximate surface area is 176 Å². The lowest BCUT2D eigenvalue weighted by Gasteiger charge is -2.37. The molecule has 1 N–H and O–H groups in total. The van der Waals surface area contributed by atoms with E-state index in [1.54, 1.807) is 0 Å². The summed E-state index contributed by atoms with van der Waals surface area (Å²) in [5, 5.41) is 5.25. The van der Waals surface area contributed by atoms with Gasteiger partial charge in [0, 0.05) is 49.0 Å². The molecule has 0 amide bonds. The number of alkyl halides is 1. The Balaban J connectivity index is 1.35. The van der Waals surface area contributed by atoms with Crippen molar-refractivity contribution >= 4 is 16.6 Å².